The van der Waals surface area contributed by atoms with Crippen molar-refractivity contribution >= 4 is 17.2 Å². The Bertz CT molecular complexity index is 446. The number of nitrogens with zero attached hydrogens (tertiary/aromatic N) is 2. The molecule has 0 spiro atoms. The molecule has 0 saturated carbocycles. The van der Waals surface area contributed by atoms with E-state index in [2.05, 4.69) is 17.3 Å². The van der Waals surface area contributed by atoms with Gasteiger partial charge in [-0.2, -0.15) is 0 Å². The van der Waals surface area contributed by atoms with Gasteiger partial charge in [-0.3, -0.25) is 4.79 Å². The molecule has 0 unspecified atom stereocenters. The molecule has 1 aliphatic heterocycles. The molecular weight excluding hydrogens is 270 g/mol. The van der Waals surface area contributed by atoms with Crippen LogP contribution in [-0.2, 0) is 11.2 Å². The lowest BCUT2D eigenvalue weighted by Gasteiger charge is -2.39. The molecule has 0 aromatic carbocycles. The summed E-state index contributed by atoms with van der Waals surface area (Å²) in [6.07, 6.45) is 4.68. The average Bonchev–Trinajstić information content (AvgIpc) is 2.84. The van der Waals surface area contributed by atoms with E-state index >= 15 is 0 Å². The topological polar surface area (TPSA) is 59.2 Å². The Labute approximate surface area is 125 Å². The van der Waals surface area contributed by atoms with Gasteiger partial charge in [0.2, 0.25) is 5.91 Å². The summed E-state index contributed by atoms with van der Waals surface area (Å²) in [5, 5.41) is 3.19. The number of carbonyl (C=O) groups excluding carboxylic acids is 1. The molecule has 1 amide bonds. The van der Waals surface area contributed by atoms with Crippen LogP contribution in [0.15, 0.2) is 5.38 Å². The highest BCUT2D eigenvalue weighted by molar-refractivity contribution is 7.09. The van der Waals surface area contributed by atoms with E-state index in [1.54, 1.807) is 11.3 Å². The molecule has 5 heteroatoms. The molecule has 2 N–H and O–H groups in total. The fourth-order valence-corrected chi connectivity index (χ4v) is 3.65. The first-order valence-corrected chi connectivity index (χ1v) is 8.40. The lowest BCUT2D eigenvalue weighted by Crippen LogP contribution is -2.51. The largest absolute Gasteiger partial charge is 0.338 e. The van der Waals surface area contributed by atoms with Crippen LogP contribution < -0.4 is 5.73 Å². The summed E-state index contributed by atoms with van der Waals surface area (Å²) < 4.78 is 0. The van der Waals surface area contributed by atoms with Crippen LogP contribution in [0.3, 0.4) is 0 Å². The quantitative estimate of drug-likeness (QED) is 0.907. The molecule has 2 rings (SSSR count). The van der Waals surface area contributed by atoms with E-state index in [0.717, 1.165) is 36.5 Å². The van der Waals surface area contributed by atoms with Gasteiger partial charge >= 0.3 is 0 Å². The van der Waals surface area contributed by atoms with E-state index in [0.29, 0.717) is 18.9 Å². The summed E-state index contributed by atoms with van der Waals surface area (Å²) in [5.74, 6) is 0.790. The zero-order valence-corrected chi connectivity index (χ0v) is 13.3. The van der Waals surface area contributed by atoms with Crippen LogP contribution in [0.2, 0.25) is 0 Å². The minimum atomic E-state index is 0.234. The molecular formula is C15H25N3OS. The zero-order valence-electron chi connectivity index (χ0n) is 12.5. The molecule has 1 saturated heterocycles. The van der Waals surface area contributed by atoms with E-state index in [4.69, 9.17) is 5.73 Å². The molecule has 1 aromatic rings. The van der Waals surface area contributed by atoms with Crippen molar-refractivity contribution in [3.63, 3.8) is 0 Å². The third-order valence-corrected chi connectivity index (χ3v) is 4.99. The van der Waals surface area contributed by atoms with Crippen LogP contribution in [0.25, 0.3) is 0 Å². The van der Waals surface area contributed by atoms with Crippen molar-refractivity contribution in [2.45, 2.75) is 52.0 Å². The van der Waals surface area contributed by atoms with E-state index < -0.39 is 0 Å². The maximum atomic E-state index is 12.4. The van der Waals surface area contributed by atoms with Crippen molar-refractivity contribution in [1.29, 1.82) is 0 Å². The molecule has 2 heterocycles. The fourth-order valence-electron chi connectivity index (χ4n) is 3.01. The standard InChI is InChI=1S/C15H25N3OS/c1-11-5-4-8-18(14(11)9-16)15(19)7-3-6-13-10-20-12(2)17-13/h10-11,14H,3-9,16H2,1-2H3/t11-,14-/m0/s1. The van der Waals surface area contributed by atoms with Crippen LogP contribution in [0, 0.1) is 12.8 Å². The fraction of sp³-hybridized carbons (Fsp3) is 0.733. The second-order valence-electron chi connectivity index (χ2n) is 5.72. The number of piperidine rings is 1. The number of carbonyl (C=O) groups is 1. The van der Waals surface area contributed by atoms with Gasteiger partial charge in [-0.25, -0.2) is 4.98 Å². The maximum absolute atomic E-state index is 12.4. The minimum Gasteiger partial charge on any atom is -0.338 e. The van der Waals surface area contributed by atoms with E-state index in [1.165, 1.54) is 6.42 Å². The third kappa shape index (κ3) is 3.79. The summed E-state index contributed by atoms with van der Waals surface area (Å²) in [5.41, 5.74) is 6.96. The molecule has 1 aromatic heterocycles. The number of thiazole rings is 1. The number of aromatic nitrogens is 1. The number of nitrogens with two attached hydrogens (primary N) is 1. The lowest BCUT2D eigenvalue weighted by atomic mass is 9.90. The van der Waals surface area contributed by atoms with Crippen LogP contribution in [0.1, 0.15) is 43.3 Å². The normalized spacial score (nSPS) is 23.1. The number of likely N-dealkylation sites (tertiary alicyclic amines) is 1. The number of hydrogen-bond acceptors (Lipinski definition) is 4. The Balaban J connectivity index is 1.81. The van der Waals surface area contributed by atoms with Crippen molar-refractivity contribution in [2.24, 2.45) is 11.7 Å². The average molecular weight is 295 g/mol. The SMILES string of the molecule is Cc1nc(CCCC(=O)N2CCC[C@H](C)[C@@H]2CN)cs1. The zero-order chi connectivity index (χ0) is 14.5. The summed E-state index contributed by atoms with van der Waals surface area (Å²) in [6, 6.07) is 0.234. The molecule has 4 nitrogen and oxygen atoms in total. The first kappa shape index (κ1) is 15.4. The monoisotopic (exact) mass is 295 g/mol. The highest BCUT2D eigenvalue weighted by atomic mass is 32.1. The molecule has 2 atom stereocenters. The Kier molecular flexibility index (Phi) is 5.54. The number of amides is 1. The van der Waals surface area contributed by atoms with Gasteiger partial charge < -0.3 is 10.6 Å². The minimum absolute atomic E-state index is 0.234. The predicted octanol–water partition coefficient (Wildman–Crippen LogP) is 2.36. The lowest BCUT2D eigenvalue weighted by molar-refractivity contribution is -0.136. The Morgan fingerprint density at radius 2 is 2.40 bits per heavy atom. The maximum Gasteiger partial charge on any atom is 0.222 e. The van der Waals surface area contributed by atoms with Gasteiger partial charge in [0.05, 0.1) is 10.7 Å². The first-order chi connectivity index (χ1) is 9.61. The second-order valence-corrected chi connectivity index (χ2v) is 6.78. The third-order valence-electron chi connectivity index (χ3n) is 4.17. The van der Waals surface area contributed by atoms with Gasteiger partial charge in [0.25, 0.3) is 0 Å². The number of rotatable bonds is 5. The van der Waals surface area contributed by atoms with Crippen LogP contribution in [0.5, 0.6) is 0 Å². The number of hydrogen-bond donors (Lipinski definition) is 1. The smallest absolute Gasteiger partial charge is 0.222 e. The molecule has 112 valence electrons. The van der Waals surface area contributed by atoms with Crippen LogP contribution in [0.4, 0.5) is 0 Å². The Morgan fingerprint density at radius 3 is 3.05 bits per heavy atom. The highest BCUT2D eigenvalue weighted by Crippen LogP contribution is 2.23. The Hall–Kier alpha value is -0.940. The van der Waals surface area contributed by atoms with Gasteiger partial charge in [0.1, 0.15) is 0 Å². The predicted molar refractivity (Wildman–Crippen MR) is 82.7 cm³/mol. The number of aryl methyl sites for hydroxylation is 2. The summed E-state index contributed by atoms with van der Waals surface area (Å²) in [4.78, 5) is 18.8. The van der Waals surface area contributed by atoms with E-state index in [9.17, 15) is 4.79 Å². The van der Waals surface area contributed by atoms with Crippen LogP contribution >= 0.6 is 11.3 Å². The molecule has 1 fully saturated rings. The first-order valence-electron chi connectivity index (χ1n) is 7.52. The van der Waals surface area contributed by atoms with E-state index in [1.807, 2.05) is 11.8 Å². The summed E-state index contributed by atoms with van der Waals surface area (Å²) in [6.45, 7) is 5.67. The van der Waals surface area contributed by atoms with E-state index in [-0.39, 0.29) is 11.9 Å². The molecule has 20 heavy (non-hydrogen) atoms. The molecule has 0 radical (unpaired) electrons. The van der Waals surface area contributed by atoms with Crippen molar-refractivity contribution in [2.75, 3.05) is 13.1 Å². The second kappa shape index (κ2) is 7.18. The van der Waals surface area contributed by atoms with Gasteiger partial charge in [0, 0.05) is 30.9 Å². The van der Waals surface area contributed by atoms with Crippen LogP contribution in [-0.4, -0.2) is 34.9 Å². The van der Waals surface area contributed by atoms with Crippen molar-refractivity contribution in [1.82, 2.24) is 9.88 Å². The molecule has 0 bridgehead atoms. The van der Waals surface area contributed by atoms with Crippen molar-refractivity contribution < 1.29 is 4.79 Å². The van der Waals surface area contributed by atoms with Gasteiger partial charge in [-0.05, 0) is 38.5 Å². The van der Waals surface area contributed by atoms with Crippen molar-refractivity contribution in [3.8, 4) is 0 Å². The molecule has 1 aliphatic rings. The van der Waals surface area contributed by atoms with Gasteiger partial charge in [0.15, 0.2) is 0 Å². The molecule has 0 aliphatic carbocycles. The summed E-state index contributed by atoms with van der Waals surface area (Å²) in [7, 11) is 0. The highest BCUT2D eigenvalue weighted by Gasteiger charge is 2.30. The van der Waals surface area contributed by atoms with Gasteiger partial charge in [-0.15, -0.1) is 11.3 Å². The van der Waals surface area contributed by atoms with Gasteiger partial charge in [-0.1, -0.05) is 6.92 Å². The Morgan fingerprint density at radius 1 is 1.60 bits per heavy atom. The summed E-state index contributed by atoms with van der Waals surface area (Å²) >= 11 is 1.67. The van der Waals surface area contributed by atoms with Crippen molar-refractivity contribution in [3.05, 3.63) is 16.1 Å².